The lowest BCUT2D eigenvalue weighted by molar-refractivity contribution is 0.970. The number of halogens is 2. The van der Waals surface area contributed by atoms with E-state index in [-0.39, 0.29) is 0 Å². The van der Waals surface area contributed by atoms with E-state index in [0.717, 1.165) is 15.7 Å². The summed E-state index contributed by atoms with van der Waals surface area (Å²) in [5.74, 6) is 0.610. The van der Waals surface area contributed by atoms with E-state index in [2.05, 4.69) is 20.9 Å². The molecule has 0 saturated heterocycles. The number of rotatable bonds is 2. The third kappa shape index (κ3) is 1.87. The smallest absolute Gasteiger partial charge is 0.133 e. The minimum atomic E-state index is 0.440. The highest BCUT2D eigenvalue weighted by Gasteiger charge is 2.27. The first kappa shape index (κ1) is 9.44. The van der Waals surface area contributed by atoms with Gasteiger partial charge in [-0.3, -0.25) is 0 Å². The van der Waals surface area contributed by atoms with Gasteiger partial charge in [-0.05, 0) is 34.8 Å². The second kappa shape index (κ2) is 3.56. The second-order valence-electron chi connectivity index (χ2n) is 3.28. The molecular weight excluding hydrogens is 251 g/mol. The van der Waals surface area contributed by atoms with Crippen LogP contribution in [0.3, 0.4) is 0 Å². The third-order valence-corrected chi connectivity index (χ3v) is 3.18. The zero-order valence-electron chi connectivity index (χ0n) is 7.06. The maximum Gasteiger partial charge on any atom is 0.133 e. The van der Waals surface area contributed by atoms with Crippen molar-refractivity contribution in [2.45, 2.75) is 25.3 Å². The maximum absolute atomic E-state index is 5.96. The molecule has 1 fully saturated rings. The van der Waals surface area contributed by atoms with Crippen molar-refractivity contribution in [1.29, 1.82) is 0 Å². The molecule has 13 heavy (non-hydrogen) atoms. The van der Waals surface area contributed by atoms with Gasteiger partial charge in [0.1, 0.15) is 5.15 Å². The van der Waals surface area contributed by atoms with Crippen LogP contribution >= 0.6 is 27.5 Å². The van der Waals surface area contributed by atoms with Gasteiger partial charge in [-0.15, -0.1) is 0 Å². The second-order valence-corrected chi connectivity index (χ2v) is 4.50. The Hall–Kier alpha value is -0.120. The molecule has 0 radical (unpaired) electrons. The number of aromatic nitrogens is 1. The van der Waals surface area contributed by atoms with Gasteiger partial charge in [-0.2, -0.15) is 0 Å². The fourth-order valence-corrected chi connectivity index (χ4v) is 2.22. The molecule has 0 aromatic carbocycles. The van der Waals surface area contributed by atoms with Crippen LogP contribution < -0.4 is 5.73 Å². The van der Waals surface area contributed by atoms with Crippen molar-refractivity contribution in [1.82, 2.24) is 4.98 Å². The zero-order chi connectivity index (χ0) is 9.42. The SMILES string of the molecule is NCc1cc(Br)c(C2CC2)nc1Cl. The van der Waals surface area contributed by atoms with Gasteiger partial charge in [0.2, 0.25) is 0 Å². The zero-order valence-corrected chi connectivity index (χ0v) is 9.40. The van der Waals surface area contributed by atoms with Gasteiger partial charge < -0.3 is 5.73 Å². The molecule has 1 aromatic rings. The largest absolute Gasteiger partial charge is 0.326 e. The Labute approximate surface area is 90.6 Å². The molecule has 0 atom stereocenters. The minimum Gasteiger partial charge on any atom is -0.326 e. The molecule has 1 aromatic heterocycles. The Bertz CT molecular complexity index is 337. The van der Waals surface area contributed by atoms with Crippen molar-refractivity contribution < 1.29 is 0 Å². The average Bonchev–Trinajstić information content (AvgIpc) is 2.91. The summed E-state index contributed by atoms with van der Waals surface area (Å²) in [7, 11) is 0. The lowest BCUT2D eigenvalue weighted by Crippen LogP contribution is -2.01. The fraction of sp³-hybridized carbons (Fsp3) is 0.444. The Balaban J connectivity index is 2.42. The Morgan fingerprint density at radius 3 is 2.85 bits per heavy atom. The molecule has 2 nitrogen and oxygen atoms in total. The maximum atomic E-state index is 5.96. The van der Waals surface area contributed by atoms with Gasteiger partial charge in [-0.25, -0.2) is 4.98 Å². The third-order valence-electron chi connectivity index (χ3n) is 2.21. The summed E-state index contributed by atoms with van der Waals surface area (Å²) in [6.07, 6.45) is 2.45. The molecule has 0 unspecified atom stereocenters. The van der Waals surface area contributed by atoms with E-state index < -0.39 is 0 Å². The van der Waals surface area contributed by atoms with Crippen LogP contribution in [0.1, 0.15) is 30.0 Å². The molecule has 1 aliphatic carbocycles. The van der Waals surface area contributed by atoms with Gasteiger partial charge in [0.05, 0.1) is 5.69 Å². The molecule has 70 valence electrons. The monoisotopic (exact) mass is 260 g/mol. The lowest BCUT2D eigenvalue weighted by atomic mass is 10.2. The molecule has 1 heterocycles. The molecule has 0 aliphatic heterocycles. The first-order valence-electron chi connectivity index (χ1n) is 4.27. The van der Waals surface area contributed by atoms with Gasteiger partial charge in [0.15, 0.2) is 0 Å². The number of nitrogens with zero attached hydrogens (tertiary/aromatic N) is 1. The van der Waals surface area contributed by atoms with Crippen molar-refractivity contribution in [3.05, 3.63) is 26.9 Å². The molecule has 0 bridgehead atoms. The van der Waals surface area contributed by atoms with Crippen LogP contribution in [0.2, 0.25) is 5.15 Å². The van der Waals surface area contributed by atoms with E-state index in [0.29, 0.717) is 17.6 Å². The summed E-state index contributed by atoms with van der Waals surface area (Å²) < 4.78 is 1.04. The normalized spacial score (nSPS) is 16.2. The molecule has 4 heteroatoms. The van der Waals surface area contributed by atoms with E-state index in [1.54, 1.807) is 0 Å². The number of nitrogens with two attached hydrogens (primary N) is 1. The number of pyridine rings is 1. The number of hydrogen-bond acceptors (Lipinski definition) is 2. The average molecular weight is 262 g/mol. The van der Waals surface area contributed by atoms with Gasteiger partial charge in [0, 0.05) is 22.5 Å². The van der Waals surface area contributed by atoms with Gasteiger partial charge in [-0.1, -0.05) is 11.6 Å². The summed E-state index contributed by atoms with van der Waals surface area (Å²) in [6.45, 7) is 0.440. The molecular formula is C9H10BrClN2. The Morgan fingerprint density at radius 1 is 1.62 bits per heavy atom. The lowest BCUT2D eigenvalue weighted by Gasteiger charge is -2.06. The van der Waals surface area contributed by atoms with Crippen LogP contribution in [0, 0.1) is 0 Å². The van der Waals surface area contributed by atoms with Crippen LogP contribution in [0.25, 0.3) is 0 Å². The standard InChI is InChI=1S/C9H10BrClN2/c10-7-3-6(4-12)9(11)13-8(7)5-1-2-5/h3,5H,1-2,4,12H2. The molecule has 0 amide bonds. The Kier molecular flexibility index (Phi) is 2.58. The van der Waals surface area contributed by atoms with Crippen LogP contribution in [0.5, 0.6) is 0 Å². The van der Waals surface area contributed by atoms with E-state index >= 15 is 0 Å². The van der Waals surface area contributed by atoms with Crippen LogP contribution in [-0.4, -0.2) is 4.98 Å². The van der Waals surface area contributed by atoms with Gasteiger partial charge >= 0.3 is 0 Å². The van der Waals surface area contributed by atoms with Crippen LogP contribution in [0.4, 0.5) is 0 Å². The molecule has 1 aliphatic rings. The predicted molar refractivity (Wildman–Crippen MR) is 56.8 cm³/mol. The van der Waals surface area contributed by atoms with Crippen molar-refractivity contribution in [2.75, 3.05) is 0 Å². The van der Waals surface area contributed by atoms with Crippen LogP contribution in [-0.2, 0) is 6.54 Å². The summed E-state index contributed by atoms with van der Waals surface area (Å²) in [6, 6.07) is 1.98. The quantitative estimate of drug-likeness (QED) is 0.832. The predicted octanol–water partition coefficient (Wildman–Crippen LogP) is 2.83. The highest BCUT2D eigenvalue weighted by molar-refractivity contribution is 9.10. The summed E-state index contributed by atoms with van der Waals surface area (Å²) in [5, 5.41) is 0.549. The van der Waals surface area contributed by atoms with E-state index in [9.17, 15) is 0 Å². The van der Waals surface area contributed by atoms with Crippen molar-refractivity contribution in [3.63, 3.8) is 0 Å². The summed E-state index contributed by atoms with van der Waals surface area (Å²) >= 11 is 9.45. The van der Waals surface area contributed by atoms with Crippen molar-refractivity contribution in [3.8, 4) is 0 Å². The van der Waals surface area contributed by atoms with E-state index in [1.807, 2.05) is 6.07 Å². The fourth-order valence-electron chi connectivity index (χ4n) is 1.30. The first-order valence-corrected chi connectivity index (χ1v) is 5.44. The topological polar surface area (TPSA) is 38.9 Å². The molecule has 1 saturated carbocycles. The minimum absolute atomic E-state index is 0.440. The highest BCUT2D eigenvalue weighted by atomic mass is 79.9. The highest BCUT2D eigenvalue weighted by Crippen LogP contribution is 2.43. The molecule has 2 rings (SSSR count). The number of hydrogen-bond donors (Lipinski definition) is 1. The molecule has 0 spiro atoms. The summed E-state index contributed by atoms with van der Waals surface area (Å²) in [4.78, 5) is 4.34. The van der Waals surface area contributed by atoms with E-state index in [4.69, 9.17) is 17.3 Å². The Morgan fingerprint density at radius 2 is 2.31 bits per heavy atom. The molecule has 2 N–H and O–H groups in total. The van der Waals surface area contributed by atoms with Crippen molar-refractivity contribution >= 4 is 27.5 Å². The van der Waals surface area contributed by atoms with Crippen molar-refractivity contribution in [2.24, 2.45) is 5.73 Å². The van der Waals surface area contributed by atoms with Crippen LogP contribution in [0.15, 0.2) is 10.5 Å². The van der Waals surface area contributed by atoms with E-state index in [1.165, 1.54) is 12.8 Å². The first-order chi connectivity index (χ1) is 6.22. The van der Waals surface area contributed by atoms with Gasteiger partial charge in [0.25, 0.3) is 0 Å². The summed E-state index contributed by atoms with van der Waals surface area (Å²) in [5.41, 5.74) is 7.50.